The number of halogens is 2. The summed E-state index contributed by atoms with van der Waals surface area (Å²) in [5.41, 5.74) is 1.18. The van der Waals surface area contributed by atoms with Crippen LogP contribution in [0.4, 0.5) is 10.1 Å². The van der Waals surface area contributed by atoms with Crippen LogP contribution in [0.15, 0.2) is 16.6 Å². The summed E-state index contributed by atoms with van der Waals surface area (Å²) < 4.78 is 14.0. The van der Waals surface area contributed by atoms with Crippen molar-refractivity contribution in [3.8, 4) is 0 Å². The number of benzene rings is 1. The molecular weight excluding hydrogens is 249 g/mol. The van der Waals surface area contributed by atoms with E-state index < -0.39 is 0 Å². The molecule has 0 aliphatic carbocycles. The van der Waals surface area contributed by atoms with Crippen LogP contribution in [0.25, 0.3) is 0 Å². The maximum Gasteiger partial charge on any atom is 0.227 e. The molecule has 1 atom stereocenters. The average Bonchev–Trinajstić information content (AvgIpc) is 2.15. The second-order valence-corrected chi connectivity index (χ2v) is 4.34. The Balaban J connectivity index is 2.52. The van der Waals surface area contributed by atoms with Gasteiger partial charge in [0, 0.05) is 17.2 Å². The number of nitrogens with one attached hydrogen (secondary N) is 1. The SMILES string of the molecule is CC1Cc2c(ccc(Br)c2F)NC1=O. The van der Waals surface area contributed by atoms with Gasteiger partial charge in [-0.05, 0) is 34.5 Å². The van der Waals surface area contributed by atoms with Gasteiger partial charge in [-0.3, -0.25) is 4.79 Å². The molecule has 1 aromatic carbocycles. The predicted octanol–water partition coefficient (Wildman–Crippen LogP) is 2.72. The monoisotopic (exact) mass is 257 g/mol. The van der Waals surface area contributed by atoms with Crippen molar-refractivity contribution < 1.29 is 9.18 Å². The largest absolute Gasteiger partial charge is 0.325 e. The minimum atomic E-state index is -0.269. The summed E-state index contributed by atoms with van der Waals surface area (Å²) in [4.78, 5) is 11.3. The fourth-order valence-corrected chi connectivity index (χ4v) is 1.94. The quantitative estimate of drug-likeness (QED) is 0.761. The van der Waals surface area contributed by atoms with Gasteiger partial charge in [-0.25, -0.2) is 4.39 Å². The van der Waals surface area contributed by atoms with Crippen LogP contribution >= 0.6 is 15.9 Å². The van der Waals surface area contributed by atoms with Gasteiger partial charge >= 0.3 is 0 Å². The molecule has 0 spiro atoms. The van der Waals surface area contributed by atoms with Crippen LogP contribution in [0.3, 0.4) is 0 Å². The number of carbonyl (C=O) groups is 1. The lowest BCUT2D eigenvalue weighted by atomic mass is 9.94. The second-order valence-electron chi connectivity index (χ2n) is 3.48. The highest BCUT2D eigenvalue weighted by Crippen LogP contribution is 2.31. The molecule has 1 amide bonds. The number of amides is 1. The Kier molecular flexibility index (Phi) is 2.31. The molecule has 1 aromatic rings. The minimum Gasteiger partial charge on any atom is -0.325 e. The fraction of sp³-hybridized carbons (Fsp3) is 0.300. The van der Waals surface area contributed by atoms with Gasteiger partial charge in [-0.1, -0.05) is 6.92 Å². The lowest BCUT2D eigenvalue weighted by molar-refractivity contribution is -0.119. The Morgan fingerprint density at radius 1 is 1.57 bits per heavy atom. The molecular formula is C10H9BrFNO. The Morgan fingerprint density at radius 2 is 2.29 bits per heavy atom. The summed E-state index contributed by atoms with van der Waals surface area (Å²) in [5, 5.41) is 2.68. The lowest BCUT2D eigenvalue weighted by Gasteiger charge is -2.22. The van der Waals surface area contributed by atoms with Crippen LogP contribution in [-0.2, 0) is 11.2 Å². The van der Waals surface area contributed by atoms with Gasteiger partial charge in [0.25, 0.3) is 0 Å². The van der Waals surface area contributed by atoms with Crippen LogP contribution < -0.4 is 5.32 Å². The molecule has 1 heterocycles. The normalized spacial score (nSPS) is 20.2. The van der Waals surface area contributed by atoms with Gasteiger partial charge < -0.3 is 5.32 Å². The first-order chi connectivity index (χ1) is 6.59. The number of anilines is 1. The van der Waals surface area contributed by atoms with Crippen LogP contribution in [-0.4, -0.2) is 5.91 Å². The van der Waals surface area contributed by atoms with E-state index in [9.17, 15) is 9.18 Å². The van der Waals surface area contributed by atoms with Crippen LogP contribution in [0, 0.1) is 11.7 Å². The second kappa shape index (κ2) is 3.35. The van der Waals surface area contributed by atoms with E-state index in [1.165, 1.54) is 0 Å². The molecule has 0 saturated heterocycles. The highest BCUT2D eigenvalue weighted by molar-refractivity contribution is 9.10. The topological polar surface area (TPSA) is 29.1 Å². The lowest BCUT2D eigenvalue weighted by Crippen LogP contribution is -2.28. The number of rotatable bonds is 0. The Labute approximate surface area is 89.6 Å². The van der Waals surface area contributed by atoms with Crippen molar-refractivity contribution in [2.45, 2.75) is 13.3 Å². The Morgan fingerprint density at radius 3 is 3.00 bits per heavy atom. The van der Waals surface area contributed by atoms with Gasteiger partial charge in [-0.15, -0.1) is 0 Å². The molecule has 0 saturated carbocycles. The molecule has 2 rings (SSSR count). The number of carbonyl (C=O) groups excluding carboxylic acids is 1. The van der Waals surface area contributed by atoms with Crippen LogP contribution in [0.5, 0.6) is 0 Å². The van der Waals surface area contributed by atoms with E-state index >= 15 is 0 Å². The summed E-state index contributed by atoms with van der Waals surface area (Å²) in [5.74, 6) is -0.472. The zero-order chi connectivity index (χ0) is 10.3. The minimum absolute atomic E-state index is 0.0424. The highest BCUT2D eigenvalue weighted by atomic mass is 79.9. The molecule has 2 nitrogen and oxygen atoms in total. The maximum atomic E-state index is 13.6. The van der Waals surface area contributed by atoms with E-state index in [1.807, 2.05) is 0 Å². The van der Waals surface area contributed by atoms with E-state index in [1.54, 1.807) is 19.1 Å². The molecule has 0 fully saturated rings. The summed E-state index contributed by atoms with van der Waals surface area (Å²) in [6, 6.07) is 3.32. The zero-order valence-electron chi connectivity index (χ0n) is 7.60. The molecule has 0 radical (unpaired) electrons. The fourth-order valence-electron chi connectivity index (χ4n) is 1.56. The molecule has 4 heteroatoms. The first-order valence-corrected chi connectivity index (χ1v) is 5.16. The van der Waals surface area contributed by atoms with Gasteiger partial charge in [0.05, 0.1) is 4.47 Å². The first kappa shape index (κ1) is 9.65. The maximum absolute atomic E-state index is 13.6. The third-order valence-electron chi connectivity index (χ3n) is 2.41. The molecule has 1 aliphatic rings. The molecule has 1 unspecified atom stereocenters. The molecule has 74 valence electrons. The summed E-state index contributed by atoms with van der Waals surface area (Å²) in [6.45, 7) is 1.79. The summed E-state index contributed by atoms with van der Waals surface area (Å²) in [7, 11) is 0. The third kappa shape index (κ3) is 1.43. The molecule has 1 aliphatic heterocycles. The summed E-state index contributed by atoms with van der Waals surface area (Å²) >= 11 is 3.12. The van der Waals surface area contributed by atoms with Crippen molar-refractivity contribution in [2.24, 2.45) is 5.92 Å². The molecule has 14 heavy (non-hydrogen) atoms. The third-order valence-corrected chi connectivity index (χ3v) is 3.02. The van der Waals surface area contributed by atoms with Gasteiger partial charge in [-0.2, -0.15) is 0 Å². The highest BCUT2D eigenvalue weighted by Gasteiger charge is 2.25. The zero-order valence-corrected chi connectivity index (χ0v) is 9.19. The molecule has 0 bridgehead atoms. The van der Waals surface area contributed by atoms with Crippen molar-refractivity contribution in [1.82, 2.24) is 0 Å². The van der Waals surface area contributed by atoms with Crippen molar-refractivity contribution >= 4 is 27.5 Å². The smallest absolute Gasteiger partial charge is 0.227 e. The average molecular weight is 258 g/mol. The van der Waals surface area contributed by atoms with Crippen molar-refractivity contribution in [3.05, 3.63) is 28.0 Å². The van der Waals surface area contributed by atoms with Crippen LogP contribution in [0.1, 0.15) is 12.5 Å². The number of hydrogen-bond acceptors (Lipinski definition) is 1. The Bertz CT molecular complexity index is 405. The number of hydrogen-bond donors (Lipinski definition) is 1. The molecule has 1 N–H and O–H groups in total. The molecule has 0 aromatic heterocycles. The predicted molar refractivity (Wildman–Crippen MR) is 55.6 cm³/mol. The van der Waals surface area contributed by atoms with E-state index in [-0.39, 0.29) is 17.6 Å². The van der Waals surface area contributed by atoms with E-state index in [2.05, 4.69) is 21.2 Å². The van der Waals surface area contributed by atoms with E-state index in [0.717, 1.165) is 0 Å². The first-order valence-electron chi connectivity index (χ1n) is 4.37. The van der Waals surface area contributed by atoms with Crippen LogP contribution in [0.2, 0.25) is 0 Å². The van der Waals surface area contributed by atoms with Crippen molar-refractivity contribution in [3.63, 3.8) is 0 Å². The summed E-state index contributed by atoms with van der Waals surface area (Å²) in [6.07, 6.45) is 0.465. The van der Waals surface area contributed by atoms with Crippen molar-refractivity contribution in [1.29, 1.82) is 0 Å². The van der Waals surface area contributed by atoms with Gasteiger partial charge in [0.2, 0.25) is 5.91 Å². The standard InChI is InChI=1S/C10H9BrFNO/c1-5-4-6-8(13-10(5)14)3-2-7(11)9(6)12/h2-3,5H,4H2,1H3,(H,13,14). The van der Waals surface area contributed by atoms with E-state index in [4.69, 9.17) is 0 Å². The van der Waals surface area contributed by atoms with Gasteiger partial charge in [0.15, 0.2) is 0 Å². The van der Waals surface area contributed by atoms with Gasteiger partial charge in [0.1, 0.15) is 5.82 Å². The number of fused-ring (bicyclic) bond motifs is 1. The Hall–Kier alpha value is -0.900. The van der Waals surface area contributed by atoms with Crippen molar-refractivity contribution in [2.75, 3.05) is 5.32 Å². The van der Waals surface area contributed by atoms with E-state index in [0.29, 0.717) is 22.1 Å².